The maximum atomic E-state index is 12.8. The lowest BCUT2D eigenvalue weighted by atomic mass is 9.87. The van der Waals surface area contributed by atoms with Crippen molar-refractivity contribution in [3.05, 3.63) is 34.9 Å². The number of carbonyl (C=O) groups is 4. The van der Waals surface area contributed by atoms with Gasteiger partial charge in [0.25, 0.3) is 17.7 Å². The van der Waals surface area contributed by atoms with Gasteiger partial charge in [-0.3, -0.25) is 24.1 Å². The number of carbonyl (C=O) groups excluding carboxylic acids is 4. The van der Waals surface area contributed by atoms with Crippen LogP contribution in [0.15, 0.2) is 18.2 Å². The summed E-state index contributed by atoms with van der Waals surface area (Å²) >= 11 is 0. The maximum absolute atomic E-state index is 12.8. The fourth-order valence-corrected chi connectivity index (χ4v) is 5.08. The largest absolute Gasteiger partial charge is 0.349 e. The van der Waals surface area contributed by atoms with Crippen LogP contribution in [0.4, 0.5) is 0 Å². The van der Waals surface area contributed by atoms with Crippen LogP contribution in [0, 0.1) is 11.8 Å². The second kappa shape index (κ2) is 9.43. The summed E-state index contributed by atoms with van der Waals surface area (Å²) < 4.78 is 0. The van der Waals surface area contributed by atoms with E-state index in [1.807, 2.05) is 18.7 Å². The molecule has 1 saturated heterocycles. The zero-order chi connectivity index (χ0) is 22.8. The molecule has 0 radical (unpaired) electrons. The number of hydrogen-bond donors (Lipinski definition) is 1. The Morgan fingerprint density at radius 1 is 0.969 bits per heavy atom. The molecule has 172 valence electrons. The Kier molecular flexibility index (Phi) is 6.63. The first-order valence-corrected chi connectivity index (χ1v) is 11.9. The van der Waals surface area contributed by atoms with Gasteiger partial charge >= 0.3 is 0 Å². The molecule has 4 rings (SSSR count). The minimum absolute atomic E-state index is 0.000864. The lowest BCUT2D eigenvalue weighted by Crippen LogP contribution is -2.48. The number of amides is 4. The van der Waals surface area contributed by atoms with Crippen molar-refractivity contribution >= 4 is 23.6 Å². The molecule has 2 heterocycles. The van der Waals surface area contributed by atoms with Gasteiger partial charge in [0.1, 0.15) is 0 Å². The van der Waals surface area contributed by atoms with Gasteiger partial charge in [-0.2, -0.15) is 0 Å². The highest BCUT2D eigenvalue weighted by molar-refractivity contribution is 6.22. The third-order valence-corrected chi connectivity index (χ3v) is 6.88. The van der Waals surface area contributed by atoms with Gasteiger partial charge in [0, 0.05) is 37.2 Å². The van der Waals surface area contributed by atoms with E-state index in [4.69, 9.17) is 0 Å². The summed E-state index contributed by atoms with van der Waals surface area (Å²) in [6, 6.07) is 4.73. The molecule has 0 spiro atoms. The van der Waals surface area contributed by atoms with Gasteiger partial charge in [-0.25, -0.2) is 0 Å². The van der Waals surface area contributed by atoms with E-state index in [9.17, 15) is 19.2 Å². The van der Waals surface area contributed by atoms with Crippen molar-refractivity contribution in [2.75, 3.05) is 19.6 Å². The van der Waals surface area contributed by atoms with E-state index in [0.29, 0.717) is 36.3 Å². The zero-order valence-corrected chi connectivity index (χ0v) is 19.1. The number of nitrogens with zero attached hydrogens (tertiary/aromatic N) is 2. The van der Waals surface area contributed by atoms with Gasteiger partial charge in [0.2, 0.25) is 5.91 Å². The molecule has 1 aliphatic carbocycles. The van der Waals surface area contributed by atoms with E-state index in [1.165, 1.54) is 17.4 Å². The van der Waals surface area contributed by atoms with E-state index in [-0.39, 0.29) is 41.5 Å². The van der Waals surface area contributed by atoms with E-state index >= 15 is 0 Å². The van der Waals surface area contributed by atoms with Crippen LogP contribution < -0.4 is 5.32 Å². The third-order valence-electron chi connectivity index (χ3n) is 6.88. The summed E-state index contributed by atoms with van der Waals surface area (Å²) in [4.78, 5) is 54.0. The van der Waals surface area contributed by atoms with Crippen LogP contribution in [-0.2, 0) is 4.79 Å². The number of benzene rings is 1. The molecule has 1 N–H and O–H groups in total. The van der Waals surface area contributed by atoms with Crippen LogP contribution in [0.1, 0.15) is 89.9 Å². The first-order chi connectivity index (χ1) is 15.3. The van der Waals surface area contributed by atoms with E-state index in [0.717, 1.165) is 38.5 Å². The smallest absolute Gasteiger partial charge is 0.261 e. The average molecular weight is 440 g/mol. The quantitative estimate of drug-likeness (QED) is 0.714. The second-order valence-corrected chi connectivity index (χ2v) is 9.78. The summed E-state index contributed by atoms with van der Waals surface area (Å²) in [5, 5.41) is 3.05. The van der Waals surface area contributed by atoms with Gasteiger partial charge in [-0.15, -0.1) is 0 Å². The predicted octanol–water partition coefficient (Wildman–Crippen LogP) is 3.24. The number of nitrogens with one attached hydrogen (secondary N) is 1. The first kappa shape index (κ1) is 22.5. The fourth-order valence-electron chi connectivity index (χ4n) is 5.08. The molecule has 1 aromatic rings. The van der Waals surface area contributed by atoms with Gasteiger partial charge in [-0.05, 0) is 49.8 Å². The number of imide groups is 1. The van der Waals surface area contributed by atoms with Crippen LogP contribution in [0.3, 0.4) is 0 Å². The van der Waals surface area contributed by atoms with Crippen molar-refractivity contribution in [1.82, 2.24) is 15.1 Å². The van der Waals surface area contributed by atoms with Crippen LogP contribution in [-0.4, -0.2) is 59.1 Å². The monoisotopic (exact) mass is 439 g/mol. The van der Waals surface area contributed by atoms with Crippen molar-refractivity contribution in [2.45, 2.75) is 64.8 Å². The Morgan fingerprint density at radius 3 is 2.28 bits per heavy atom. The number of piperidine rings is 1. The third kappa shape index (κ3) is 4.57. The maximum Gasteiger partial charge on any atom is 0.261 e. The lowest BCUT2D eigenvalue weighted by Gasteiger charge is -2.35. The van der Waals surface area contributed by atoms with Crippen molar-refractivity contribution in [1.29, 1.82) is 0 Å². The molecule has 0 unspecified atom stereocenters. The molecule has 1 saturated carbocycles. The lowest BCUT2D eigenvalue weighted by molar-refractivity contribution is -0.137. The molecule has 3 aliphatic rings. The molecule has 0 aromatic heterocycles. The molecule has 2 aliphatic heterocycles. The van der Waals surface area contributed by atoms with E-state index in [1.54, 1.807) is 12.1 Å². The summed E-state index contributed by atoms with van der Waals surface area (Å²) in [5.41, 5.74) is 1.05. The van der Waals surface area contributed by atoms with Crippen LogP contribution in [0.25, 0.3) is 0 Å². The summed E-state index contributed by atoms with van der Waals surface area (Å²) in [7, 11) is 0. The molecule has 32 heavy (non-hydrogen) atoms. The average Bonchev–Trinajstić information content (AvgIpc) is 3.03. The molecule has 0 atom stereocenters. The molecule has 7 nitrogen and oxygen atoms in total. The van der Waals surface area contributed by atoms with Crippen LogP contribution in [0.2, 0.25) is 0 Å². The number of rotatable bonds is 5. The normalized spacial score (nSPS) is 20.1. The Hall–Kier alpha value is -2.70. The summed E-state index contributed by atoms with van der Waals surface area (Å²) in [6.45, 7) is 5.61. The Bertz CT molecular complexity index is 912. The minimum atomic E-state index is -0.331. The van der Waals surface area contributed by atoms with Gasteiger partial charge in [0.15, 0.2) is 0 Å². The zero-order valence-electron chi connectivity index (χ0n) is 19.1. The highest BCUT2D eigenvalue weighted by Crippen LogP contribution is 2.27. The predicted molar refractivity (Wildman–Crippen MR) is 120 cm³/mol. The van der Waals surface area contributed by atoms with Crippen molar-refractivity contribution in [3.63, 3.8) is 0 Å². The molecule has 4 amide bonds. The van der Waals surface area contributed by atoms with Gasteiger partial charge in [-0.1, -0.05) is 33.1 Å². The summed E-state index contributed by atoms with van der Waals surface area (Å²) in [5.74, 6) is -0.231. The first-order valence-electron chi connectivity index (χ1n) is 11.9. The Morgan fingerprint density at radius 2 is 1.62 bits per heavy atom. The molecule has 0 bridgehead atoms. The molecule has 1 aromatic carbocycles. The number of fused-ring (bicyclic) bond motifs is 1. The standard InChI is InChI=1S/C25H33N3O4/c1-16(2)15-28-24(31)20-9-8-18(14-21(20)25(28)32)22(29)26-19-10-12-27(13-11-19)23(30)17-6-4-3-5-7-17/h8-9,14,16-17,19H,3-7,10-13,15H2,1-2H3,(H,26,29). The van der Waals surface area contributed by atoms with E-state index in [2.05, 4.69) is 5.32 Å². The molecule has 7 heteroatoms. The molecule has 2 fully saturated rings. The number of likely N-dealkylation sites (tertiary alicyclic amines) is 1. The van der Waals surface area contributed by atoms with Gasteiger partial charge < -0.3 is 10.2 Å². The highest BCUT2D eigenvalue weighted by Gasteiger charge is 2.36. The second-order valence-electron chi connectivity index (χ2n) is 9.78. The van der Waals surface area contributed by atoms with E-state index < -0.39 is 0 Å². The Labute approximate surface area is 189 Å². The molecular weight excluding hydrogens is 406 g/mol. The topological polar surface area (TPSA) is 86.8 Å². The fraction of sp³-hybridized carbons (Fsp3) is 0.600. The minimum Gasteiger partial charge on any atom is -0.349 e. The van der Waals surface area contributed by atoms with Gasteiger partial charge in [0.05, 0.1) is 11.1 Å². The number of hydrogen-bond acceptors (Lipinski definition) is 4. The Balaban J connectivity index is 1.34. The van der Waals surface area contributed by atoms with Crippen molar-refractivity contribution < 1.29 is 19.2 Å². The van der Waals surface area contributed by atoms with Crippen molar-refractivity contribution in [2.24, 2.45) is 11.8 Å². The van der Waals surface area contributed by atoms with Crippen LogP contribution in [0.5, 0.6) is 0 Å². The summed E-state index contributed by atoms with van der Waals surface area (Å²) in [6.07, 6.45) is 6.99. The SMILES string of the molecule is CC(C)CN1C(=O)c2ccc(C(=O)NC3CCN(C(=O)C4CCCCC4)CC3)cc2C1=O. The van der Waals surface area contributed by atoms with Crippen molar-refractivity contribution in [3.8, 4) is 0 Å². The molecular formula is C25H33N3O4. The highest BCUT2D eigenvalue weighted by atomic mass is 16.2. The van der Waals surface area contributed by atoms with Crippen LogP contribution >= 0.6 is 0 Å².